The topological polar surface area (TPSA) is 61.6 Å². The predicted octanol–water partition coefficient (Wildman–Crippen LogP) is 6.65. The maximum Gasteiger partial charge on any atom is 0.343 e. The number of hydrogen-bond donors (Lipinski definition) is 0. The molecule has 0 aliphatic carbocycles. The smallest absolute Gasteiger partial charge is 0.343 e. The van der Waals surface area contributed by atoms with Gasteiger partial charge in [0.05, 0.1) is 7.11 Å². The van der Waals surface area contributed by atoms with Gasteiger partial charge >= 0.3 is 5.97 Å². The second-order valence-electron chi connectivity index (χ2n) is 7.31. The van der Waals surface area contributed by atoms with Crippen molar-refractivity contribution in [3.05, 3.63) is 94.3 Å². The van der Waals surface area contributed by atoms with Crippen molar-refractivity contribution in [2.24, 2.45) is 0 Å². The van der Waals surface area contributed by atoms with E-state index in [0.717, 1.165) is 22.4 Å². The molecule has 5 nitrogen and oxygen atoms in total. The average Bonchev–Trinajstić information content (AvgIpc) is 3.26. The summed E-state index contributed by atoms with van der Waals surface area (Å²) < 4.78 is 16.3. The van der Waals surface area contributed by atoms with Gasteiger partial charge in [-0.3, -0.25) is 0 Å². The maximum absolute atomic E-state index is 11.3. The van der Waals surface area contributed by atoms with Crippen molar-refractivity contribution in [3.63, 3.8) is 0 Å². The lowest BCUT2D eigenvalue weighted by Crippen LogP contribution is -2.12. The van der Waals surface area contributed by atoms with E-state index in [1.807, 2.05) is 66.7 Å². The molecule has 0 atom stereocenters. The van der Waals surface area contributed by atoms with Gasteiger partial charge in [0.15, 0.2) is 18.3 Å². The Bertz CT molecular complexity index is 1170. The highest BCUT2D eigenvalue weighted by Crippen LogP contribution is 2.34. The maximum atomic E-state index is 11.3. The molecule has 0 N–H and O–H groups in total. The van der Waals surface area contributed by atoms with Crippen molar-refractivity contribution in [2.45, 2.75) is 12.8 Å². The zero-order chi connectivity index (χ0) is 23.2. The van der Waals surface area contributed by atoms with Crippen LogP contribution in [0.15, 0.2) is 77.2 Å². The van der Waals surface area contributed by atoms with E-state index in [0.29, 0.717) is 40.3 Å². The second kappa shape index (κ2) is 10.6. The summed E-state index contributed by atoms with van der Waals surface area (Å²) in [5, 5.41) is 1.31. The van der Waals surface area contributed by atoms with Gasteiger partial charge in [-0.2, -0.15) is 0 Å². The molecule has 0 spiro atoms. The first-order valence-corrected chi connectivity index (χ1v) is 11.1. The molecule has 0 fully saturated rings. The van der Waals surface area contributed by atoms with Gasteiger partial charge in [-0.25, -0.2) is 9.78 Å². The zero-order valence-electron chi connectivity index (χ0n) is 17.9. The number of carbonyl (C=O) groups is 1. The molecule has 0 radical (unpaired) electrons. The summed E-state index contributed by atoms with van der Waals surface area (Å²) >= 11 is 12.1. The molecule has 0 bridgehead atoms. The number of hydrogen-bond acceptors (Lipinski definition) is 5. The van der Waals surface area contributed by atoms with Crippen LogP contribution in [-0.2, 0) is 22.4 Å². The minimum atomic E-state index is -0.426. The number of halogens is 2. The van der Waals surface area contributed by atoms with E-state index in [4.69, 9.17) is 37.3 Å². The third kappa shape index (κ3) is 5.95. The number of oxazole rings is 1. The van der Waals surface area contributed by atoms with Gasteiger partial charge in [0.1, 0.15) is 11.4 Å². The van der Waals surface area contributed by atoms with E-state index in [1.165, 1.54) is 7.11 Å². The van der Waals surface area contributed by atoms with Gasteiger partial charge in [-0.1, -0.05) is 47.5 Å². The lowest BCUT2D eigenvalue weighted by atomic mass is 10.1. The van der Waals surface area contributed by atoms with Crippen LogP contribution in [0.5, 0.6) is 5.75 Å². The van der Waals surface area contributed by atoms with Crippen molar-refractivity contribution in [1.82, 2.24) is 4.98 Å². The van der Waals surface area contributed by atoms with Gasteiger partial charge in [0.2, 0.25) is 0 Å². The van der Waals surface area contributed by atoms with Crippen molar-refractivity contribution < 1.29 is 18.7 Å². The molecule has 4 aromatic rings. The van der Waals surface area contributed by atoms with E-state index in [9.17, 15) is 4.79 Å². The largest absolute Gasteiger partial charge is 0.482 e. The molecular formula is C26H21Cl2NO4. The number of aromatic nitrogens is 1. The summed E-state index contributed by atoms with van der Waals surface area (Å²) in [6.07, 6.45) is 1.28. The highest BCUT2D eigenvalue weighted by Gasteiger charge is 2.17. The molecule has 0 unspecified atom stereocenters. The molecule has 0 aliphatic heterocycles. The van der Waals surface area contributed by atoms with Crippen molar-refractivity contribution in [2.75, 3.05) is 13.7 Å². The first kappa shape index (κ1) is 22.9. The number of benzene rings is 3. The summed E-state index contributed by atoms with van der Waals surface area (Å²) in [6, 6.07) is 22.5. The van der Waals surface area contributed by atoms with Gasteiger partial charge in [-0.05, 0) is 60.5 Å². The SMILES string of the molecule is COC(=O)COc1cccc(CCc2nc(-c3ccc(Cl)cc3)c(-c3ccc(Cl)cc3)o2)c1. The van der Waals surface area contributed by atoms with E-state index in [1.54, 1.807) is 6.07 Å². The third-order valence-electron chi connectivity index (χ3n) is 5.01. The van der Waals surface area contributed by atoms with Crippen LogP contribution in [-0.4, -0.2) is 24.7 Å². The molecule has 1 aromatic heterocycles. The van der Waals surface area contributed by atoms with Crippen molar-refractivity contribution in [1.29, 1.82) is 0 Å². The monoisotopic (exact) mass is 481 g/mol. The van der Waals surface area contributed by atoms with E-state index in [-0.39, 0.29) is 6.61 Å². The number of rotatable bonds is 8. The number of ether oxygens (including phenoxy) is 2. The van der Waals surface area contributed by atoms with Crippen LogP contribution in [0.2, 0.25) is 10.0 Å². The van der Waals surface area contributed by atoms with Crippen LogP contribution < -0.4 is 4.74 Å². The Kier molecular flexibility index (Phi) is 7.33. The number of nitrogens with zero attached hydrogens (tertiary/aromatic N) is 1. The van der Waals surface area contributed by atoms with E-state index >= 15 is 0 Å². The van der Waals surface area contributed by atoms with Gasteiger partial charge < -0.3 is 13.9 Å². The highest BCUT2D eigenvalue weighted by atomic mass is 35.5. The molecule has 0 amide bonds. The molecule has 0 saturated heterocycles. The van der Waals surface area contributed by atoms with E-state index in [2.05, 4.69) is 4.74 Å². The van der Waals surface area contributed by atoms with Gasteiger partial charge in [0, 0.05) is 27.6 Å². The summed E-state index contributed by atoms with van der Waals surface area (Å²) in [6.45, 7) is -0.130. The van der Waals surface area contributed by atoms with Crippen molar-refractivity contribution in [3.8, 4) is 28.3 Å². The Morgan fingerprint density at radius 1 is 0.909 bits per heavy atom. The molecule has 0 saturated carbocycles. The fraction of sp³-hybridized carbons (Fsp3) is 0.154. The number of aryl methyl sites for hydroxylation is 2. The normalized spacial score (nSPS) is 10.8. The van der Waals surface area contributed by atoms with Crippen LogP contribution >= 0.6 is 23.2 Å². The summed E-state index contributed by atoms with van der Waals surface area (Å²) in [5.41, 5.74) is 3.59. The fourth-order valence-corrected chi connectivity index (χ4v) is 3.57. The van der Waals surface area contributed by atoms with Gasteiger partial charge in [0.25, 0.3) is 0 Å². The Morgan fingerprint density at radius 2 is 1.58 bits per heavy atom. The van der Waals surface area contributed by atoms with Crippen LogP contribution in [0.1, 0.15) is 11.5 Å². The second-order valence-corrected chi connectivity index (χ2v) is 8.18. The van der Waals surface area contributed by atoms with E-state index < -0.39 is 5.97 Å². The van der Waals surface area contributed by atoms with Crippen LogP contribution in [0.4, 0.5) is 0 Å². The number of carbonyl (C=O) groups excluding carboxylic acids is 1. The first-order chi connectivity index (χ1) is 16.0. The summed E-state index contributed by atoms with van der Waals surface area (Å²) in [5.74, 6) is 1.48. The average molecular weight is 482 g/mol. The Hall–Kier alpha value is -3.28. The van der Waals surface area contributed by atoms with Gasteiger partial charge in [-0.15, -0.1) is 0 Å². The Labute approximate surface area is 201 Å². The molecule has 3 aromatic carbocycles. The molecular weight excluding hydrogens is 461 g/mol. The Balaban J connectivity index is 1.56. The molecule has 0 aliphatic rings. The number of methoxy groups -OCH3 is 1. The quantitative estimate of drug-likeness (QED) is 0.263. The predicted molar refractivity (Wildman–Crippen MR) is 129 cm³/mol. The first-order valence-electron chi connectivity index (χ1n) is 10.3. The van der Waals surface area contributed by atoms with Crippen LogP contribution in [0.25, 0.3) is 22.6 Å². The minimum absolute atomic E-state index is 0.130. The molecule has 4 rings (SSSR count). The lowest BCUT2D eigenvalue weighted by Gasteiger charge is -2.06. The lowest BCUT2D eigenvalue weighted by molar-refractivity contribution is -0.142. The molecule has 7 heteroatoms. The Morgan fingerprint density at radius 3 is 2.24 bits per heavy atom. The molecule has 168 valence electrons. The fourth-order valence-electron chi connectivity index (χ4n) is 3.31. The van der Waals surface area contributed by atoms with Crippen LogP contribution in [0.3, 0.4) is 0 Å². The number of esters is 1. The van der Waals surface area contributed by atoms with Crippen molar-refractivity contribution >= 4 is 29.2 Å². The molecule has 1 heterocycles. The standard InChI is InChI=1S/C26H21Cl2NO4/c1-31-24(30)16-32-22-4-2-3-17(15-22)5-14-23-29-25(18-6-10-20(27)11-7-18)26(33-23)19-8-12-21(28)13-9-19/h2-4,6-13,15H,5,14,16H2,1H3. The van der Waals surface area contributed by atoms with Crippen LogP contribution in [0, 0.1) is 0 Å². The minimum Gasteiger partial charge on any atom is -0.482 e. The highest BCUT2D eigenvalue weighted by molar-refractivity contribution is 6.31. The summed E-state index contributed by atoms with van der Waals surface area (Å²) in [7, 11) is 1.33. The third-order valence-corrected chi connectivity index (χ3v) is 5.51. The zero-order valence-corrected chi connectivity index (χ0v) is 19.4. The summed E-state index contributed by atoms with van der Waals surface area (Å²) in [4.78, 5) is 16.1. The molecule has 33 heavy (non-hydrogen) atoms.